The summed E-state index contributed by atoms with van der Waals surface area (Å²) in [6.45, 7) is 1.40. The molecule has 1 unspecified atom stereocenters. The highest BCUT2D eigenvalue weighted by Crippen LogP contribution is 2.29. The van der Waals surface area contributed by atoms with Crippen molar-refractivity contribution in [1.29, 1.82) is 0 Å². The van der Waals surface area contributed by atoms with Crippen LogP contribution < -0.4 is 0 Å². The van der Waals surface area contributed by atoms with E-state index >= 15 is 0 Å². The van der Waals surface area contributed by atoms with Crippen molar-refractivity contribution in [1.82, 2.24) is 4.90 Å². The Hall–Kier alpha value is -1.10. The van der Waals surface area contributed by atoms with Crippen LogP contribution in [0, 0.1) is 5.92 Å². The summed E-state index contributed by atoms with van der Waals surface area (Å²) < 4.78 is 5.28. The van der Waals surface area contributed by atoms with Gasteiger partial charge in [0.2, 0.25) is 5.91 Å². The molecule has 2 rings (SSSR count). The van der Waals surface area contributed by atoms with Crippen LogP contribution in [0.3, 0.4) is 0 Å². The Morgan fingerprint density at radius 3 is 2.68 bits per heavy atom. The number of carboxylic acids is 1. The van der Waals surface area contributed by atoms with E-state index in [1.165, 1.54) is 25.7 Å². The number of carbonyl (C=O) groups is 2. The third kappa shape index (κ3) is 4.20. The molecule has 0 spiro atoms. The van der Waals surface area contributed by atoms with Gasteiger partial charge in [0.1, 0.15) is 0 Å². The van der Waals surface area contributed by atoms with Gasteiger partial charge in [-0.15, -0.1) is 0 Å². The molecule has 0 aromatic carbocycles. The van der Waals surface area contributed by atoms with Gasteiger partial charge in [-0.3, -0.25) is 9.59 Å². The molecule has 1 atom stereocenters. The van der Waals surface area contributed by atoms with Crippen molar-refractivity contribution in [2.45, 2.75) is 51.0 Å². The van der Waals surface area contributed by atoms with Gasteiger partial charge in [0.05, 0.1) is 25.7 Å². The van der Waals surface area contributed by atoms with Crippen molar-refractivity contribution in [2.75, 3.05) is 19.8 Å². The minimum atomic E-state index is -0.871. The van der Waals surface area contributed by atoms with Crippen molar-refractivity contribution < 1.29 is 19.4 Å². The second kappa shape index (κ2) is 6.89. The summed E-state index contributed by atoms with van der Waals surface area (Å²) in [5.41, 5.74) is 0. The zero-order chi connectivity index (χ0) is 13.7. The molecule has 1 amide bonds. The molecule has 1 aliphatic heterocycles. The van der Waals surface area contributed by atoms with E-state index in [9.17, 15) is 9.59 Å². The van der Waals surface area contributed by atoms with Crippen LogP contribution in [0.15, 0.2) is 0 Å². The first-order valence-corrected chi connectivity index (χ1v) is 7.26. The first-order chi connectivity index (χ1) is 9.16. The van der Waals surface area contributed by atoms with E-state index in [2.05, 4.69) is 0 Å². The lowest BCUT2D eigenvalue weighted by molar-refractivity contribution is -0.146. The van der Waals surface area contributed by atoms with Gasteiger partial charge in [0.15, 0.2) is 0 Å². The molecule has 0 aromatic heterocycles. The Kier molecular flexibility index (Phi) is 5.19. The summed E-state index contributed by atoms with van der Waals surface area (Å²) in [4.78, 5) is 24.7. The fourth-order valence-corrected chi connectivity index (χ4v) is 3.12. The second-order valence-electron chi connectivity index (χ2n) is 5.60. The van der Waals surface area contributed by atoms with E-state index in [4.69, 9.17) is 9.84 Å². The number of carboxylic acid groups (broad SMARTS) is 1. The topological polar surface area (TPSA) is 66.8 Å². The number of aliphatic carboxylic acids is 1. The van der Waals surface area contributed by atoms with Crippen molar-refractivity contribution in [3.8, 4) is 0 Å². The monoisotopic (exact) mass is 269 g/mol. The molecule has 0 aromatic rings. The summed E-state index contributed by atoms with van der Waals surface area (Å²) in [5, 5.41) is 8.87. The maximum absolute atomic E-state index is 12.2. The number of amides is 1. The molecule has 5 nitrogen and oxygen atoms in total. The summed E-state index contributed by atoms with van der Waals surface area (Å²) in [6, 6.07) is -0.290. The van der Waals surface area contributed by atoms with E-state index in [0.29, 0.717) is 32.1 Å². The number of morpholine rings is 1. The molecule has 0 radical (unpaired) electrons. The van der Waals surface area contributed by atoms with E-state index in [1.807, 2.05) is 0 Å². The number of hydrogen-bond acceptors (Lipinski definition) is 3. The normalized spacial score (nSPS) is 24.6. The van der Waals surface area contributed by atoms with Crippen LogP contribution >= 0.6 is 0 Å². The van der Waals surface area contributed by atoms with Gasteiger partial charge >= 0.3 is 5.97 Å². The quantitative estimate of drug-likeness (QED) is 0.824. The maximum Gasteiger partial charge on any atom is 0.305 e. The molecule has 0 bridgehead atoms. The molecule has 1 saturated carbocycles. The Balaban J connectivity index is 1.82. The van der Waals surface area contributed by atoms with Crippen LogP contribution in [0.1, 0.15) is 44.9 Å². The average molecular weight is 269 g/mol. The second-order valence-corrected chi connectivity index (χ2v) is 5.60. The van der Waals surface area contributed by atoms with E-state index < -0.39 is 5.97 Å². The Bertz CT molecular complexity index is 325. The van der Waals surface area contributed by atoms with Crippen LogP contribution in [0.4, 0.5) is 0 Å². The largest absolute Gasteiger partial charge is 0.481 e. The fraction of sp³-hybridized carbons (Fsp3) is 0.857. The molecule has 1 N–H and O–H groups in total. The van der Waals surface area contributed by atoms with Crippen LogP contribution in [-0.4, -0.2) is 47.7 Å². The lowest BCUT2D eigenvalue weighted by atomic mass is 10.0. The third-order valence-electron chi connectivity index (χ3n) is 4.20. The Morgan fingerprint density at radius 1 is 1.26 bits per heavy atom. The molecule has 5 heteroatoms. The number of carbonyl (C=O) groups excluding carboxylic acids is 1. The highest BCUT2D eigenvalue weighted by molar-refractivity contribution is 5.77. The summed E-state index contributed by atoms with van der Waals surface area (Å²) in [6.07, 6.45) is 6.56. The van der Waals surface area contributed by atoms with E-state index in [-0.39, 0.29) is 18.4 Å². The highest BCUT2D eigenvalue weighted by atomic mass is 16.5. The zero-order valence-corrected chi connectivity index (χ0v) is 11.3. The van der Waals surface area contributed by atoms with Gasteiger partial charge < -0.3 is 14.7 Å². The minimum absolute atomic E-state index is 0.0187. The molecule has 1 aliphatic carbocycles. The van der Waals surface area contributed by atoms with Gasteiger partial charge in [-0.1, -0.05) is 25.7 Å². The summed E-state index contributed by atoms with van der Waals surface area (Å²) in [5.74, 6) is -0.0755. The molecule has 2 fully saturated rings. The number of ether oxygens (including phenoxy) is 1. The highest BCUT2D eigenvalue weighted by Gasteiger charge is 2.29. The predicted octanol–water partition coefficient (Wildman–Crippen LogP) is 1.66. The zero-order valence-electron chi connectivity index (χ0n) is 11.3. The molecule has 108 valence electrons. The Labute approximate surface area is 113 Å². The van der Waals surface area contributed by atoms with Gasteiger partial charge in [-0.2, -0.15) is 0 Å². The molecular formula is C14H23NO4. The van der Waals surface area contributed by atoms with Crippen LogP contribution in [0.25, 0.3) is 0 Å². The minimum Gasteiger partial charge on any atom is -0.481 e. The first-order valence-electron chi connectivity index (χ1n) is 7.26. The third-order valence-corrected chi connectivity index (χ3v) is 4.20. The molecule has 19 heavy (non-hydrogen) atoms. The van der Waals surface area contributed by atoms with Crippen molar-refractivity contribution in [3.05, 3.63) is 0 Å². The smallest absolute Gasteiger partial charge is 0.305 e. The fourth-order valence-electron chi connectivity index (χ4n) is 3.12. The SMILES string of the molecule is O=C(O)CC1COCCN1C(=O)CCC1CCCC1. The van der Waals surface area contributed by atoms with Gasteiger partial charge in [-0.25, -0.2) is 0 Å². The predicted molar refractivity (Wildman–Crippen MR) is 69.8 cm³/mol. The van der Waals surface area contributed by atoms with Crippen molar-refractivity contribution in [3.63, 3.8) is 0 Å². The number of hydrogen-bond donors (Lipinski definition) is 1. The van der Waals surface area contributed by atoms with Gasteiger partial charge in [0.25, 0.3) is 0 Å². The molecule has 1 saturated heterocycles. The summed E-state index contributed by atoms with van der Waals surface area (Å²) >= 11 is 0. The van der Waals surface area contributed by atoms with E-state index in [0.717, 1.165) is 6.42 Å². The number of rotatable bonds is 5. The average Bonchev–Trinajstić information content (AvgIpc) is 2.89. The van der Waals surface area contributed by atoms with Crippen LogP contribution in [-0.2, 0) is 14.3 Å². The van der Waals surface area contributed by atoms with E-state index in [1.54, 1.807) is 4.90 Å². The first kappa shape index (κ1) is 14.3. The standard InChI is InChI=1S/C14H23NO4/c16-13(6-5-11-3-1-2-4-11)15-7-8-19-10-12(15)9-14(17)18/h11-12H,1-10H2,(H,17,18). The maximum atomic E-state index is 12.2. The van der Waals surface area contributed by atoms with Crippen molar-refractivity contribution >= 4 is 11.9 Å². The lowest BCUT2D eigenvalue weighted by Crippen LogP contribution is -2.49. The Morgan fingerprint density at radius 2 is 2.00 bits per heavy atom. The van der Waals surface area contributed by atoms with Crippen LogP contribution in [0.5, 0.6) is 0 Å². The van der Waals surface area contributed by atoms with Gasteiger partial charge in [0, 0.05) is 13.0 Å². The summed E-state index contributed by atoms with van der Waals surface area (Å²) in [7, 11) is 0. The van der Waals surface area contributed by atoms with Crippen molar-refractivity contribution in [2.24, 2.45) is 5.92 Å². The molecule has 2 aliphatic rings. The lowest BCUT2D eigenvalue weighted by Gasteiger charge is -2.35. The van der Waals surface area contributed by atoms with Crippen LogP contribution in [0.2, 0.25) is 0 Å². The molecule has 1 heterocycles. The van der Waals surface area contributed by atoms with Gasteiger partial charge in [-0.05, 0) is 12.3 Å². The molecular weight excluding hydrogens is 246 g/mol. The number of nitrogens with zero attached hydrogens (tertiary/aromatic N) is 1.